The first-order valence-electron chi connectivity index (χ1n) is 9.00. The number of hydrogen-bond acceptors (Lipinski definition) is 2. The van der Waals surface area contributed by atoms with Crippen LogP contribution < -0.4 is 5.32 Å². The standard InChI is InChI=1S/C21H21F3N2O2/c22-21(23,24)18-5-1-15(2-6-18)9-12-25-20(28)26-13-10-17(11-14-26)16-3-7-19(27)8-4-16/h1-8,10,27H,9,11-14H2,(H,25,28). The van der Waals surface area contributed by atoms with Crippen molar-refractivity contribution in [3.63, 3.8) is 0 Å². The number of carbonyl (C=O) groups excluding carboxylic acids is 1. The second-order valence-corrected chi connectivity index (χ2v) is 6.65. The average molecular weight is 390 g/mol. The molecule has 0 saturated heterocycles. The molecule has 0 aliphatic carbocycles. The number of nitrogens with zero attached hydrogens (tertiary/aromatic N) is 1. The van der Waals surface area contributed by atoms with E-state index in [1.54, 1.807) is 17.0 Å². The van der Waals surface area contributed by atoms with Crippen LogP contribution in [0.1, 0.15) is 23.1 Å². The third-order valence-corrected chi connectivity index (χ3v) is 4.71. The Labute approximate surface area is 161 Å². The first-order valence-corrected chi connectivity index (χ1v) is 9.00. The summed E-state index contributed by atoms with van der Waals surface area (Å²) in [5.41, 5.74) is 2.22. The molecular formula is C21H21F3N2O2. The van der Waals surface area contributed by atoms with E-state index in [9.17, 15) is 23.1 Å². The number of nitrogens with one attached hydrogen (secondary N) is 1. The normalized spacial score (nSPS) is 14.5. The molecule has 0 spiro atoms. The predicted molar refractivity (Wildman–Crippen MR) is 101 cm³/mol. The Balaban J connectivity index is 1.46. The fourth-order valence-corrected chi connectivity index (χ4v) is 3.08. The molecule has 0 saturated carbocycles. The number of phenols is 1. The number of urea groups is 1. The van der Waals surface area contributed by atoms with Gasteiger partial charge in [-0.05, 0) is 53.8 Å². The summed E-state index contributed by atoms with van der Waals surface area (Å²) < 4.78 is 37.7. The van der Waals surface area contributed by atoms with E-state index in [0.717, 1.165) is 35.3 Å². The van der Waals surface area contributed by atoms with Gasteiger partial charge in [-0.25, -0.2) is 4.79 Å². The smallest absolute Gasteiger partial charge is 0.416 e. The van der Waals surface area contributed by atoms with Gasteiger partial charge in [-0.2, -0.15) is 13.2 Å². The molecule has 2 N–H and O–H groups in total. The van der Waals surface area contributed by atoms with Gasteiger partial charge in [-0.1, -0.05) is 30.3 Å². The lowest BCUT2D eigenvalue weighted by Crippen LogP contribution is -2.42. The van der Waals surface area contributed by atoms with Gasteiger partial charge in [-0.15, -0.1) is 0 Å². The summed E-state index contributed by atoms with van der Waals surface area (Å²) in [6.07, 6.45) is -1.16. The van der Waals surface area contributed by atoms with Crippen molar-refractivity contribution in [2.24, 2.45) is 0 Å². The minimum atomic E-state index is -4.34. The Morgan fingerprint density at radius 3 is 2.32 bits per heavy atom. The van der Waals surface area contributed by atoms with Crippen LogP contribution in [0.5, 0.6) is 5.75 Å². The summed E-state index contributed by atoms with van der Waals surface area (Å²) in [5.74, 6) is 0.217. The van der Waals surface area contributed by atoms with Crippen molar-refractivity contribution in [2.45, 2.75) is 19.0 Å². The van der Waals surface area contributed by atoms with Gasteiger partial charge in [0.05, 0.1) is 5.56 Å². The minimum absolute atomic E-state index is 0.187. The summed E-state index contributed by atoms with van der Waals surface area (Å²) in [4.78, 5) is 14.0. The molecule has 2 amide bonds. The summed E-state index contributed by atoms with van der Waals surface area (Å²) in [6.45, 7) is 1.43. The molecule has 0 aromatic heterocycles. The third kappa shape index (κ3) is 5.06. The molecule has 0 bridgehead atoms. The summed E-state index contributed by atoms with van der Waals surface area (Å²) in [5, 5.41) is 12.2. The van der Waals surface area contributed by atoms with Gasteiger partial charge in [0.25, 0.3) is 0 Å². The van der Waals surface area contributed by atoms with Gasteiger partial charge < -0.3 is 15.3 Å². The van der Waals surface area contributed by atoms with Crippen molar-refractivity contribution in [3.8, 4) is 5.75 Å². The van der Waals surface area contributed by atoms with Crippen molar-refractivity contribution >= 4 is 11.6 Å². The predicted octanol–water partition coefficient (Wildman–Crippen LogP) is 4.45. The van der Waals surface area contributed by atoms with Crippen LogP contribution in [0.3, 0.4) is 0 Å². The van der Waals surface area contributed by atoms with Crippen LogP contribution in [-0.4, -0.2) is 35.7 Å². The molecule has 3 rings (SSSR count). The molecule has 2 aromatic carbocycles. The number of phenolic OH excluding ortho intramolecular Hbond substituents is 1. The Bertz CT molecular complexity index is 843. The molecule has 1 aliphatic rings. The van der Waals surface area contributed by atoms with Crippen molar-refractivity contribution in [1.29, 1.82) is 0 Å². The third-order valence-electron chi connectivity index (χ3n) is 4.71. The average Bonchev–Trinajstić information content (AvgIpc) is 2.68. The Morgan fingerprint density at radius 2 is 1.75 bits per heavy atom. The van der Waals surface area contributed by atoms with E-state index >= 15 is 0 Å². The number of hydrogen-bond donors (Lipinski definition) is 2. The maximum Gasteiger partial charge on any atom is 0.416 e. The van der Waals surface area contributed by atoms with Gasteiger partial charge in [0.15, 0.2) is 0 Å². The zero-order valence-electron chi connectivity index (χ0n) is 15.2. The topological polar surface area (TPSA) is 52.6 Å². The molecule has 2 aromatic rings. The van der Waals surface area contributed by atoms with Crippen LogP contribution in [0.15, 0.2) is 54.6 Å². The molecule has 28 heavy (non-hydrogen) atoms. The summed E-state index contributed by atoms with van der Waals surface area (Å²) in [7, 11) is 0. The highest BCUT2D eigenvalue weighted by Gasteiger charge is 2.29. The second-order valence-electron chi connectivity index (χ2n) is 6.65. The Hall–Kier alpha value is -2.96. The number of halogens is 3. The van der Waals surface area contributed by atoms with Crippen molar-refractivity contribution in [1.82, 2.24) is 10.2 Å². The van der Waals surface area contributed by atoms with E-state index in [4.69, 9.17) is 0 Å². The number of carbonyl (C=O) groups is 1. The van der Waals surface area contributed by atoms with E-state index in [1.807, 2.05) is 18.2 Å². The van der Waals surface area contributed by atoms with Crippen LogP contribution in [-0.2, 0) is 12.6 Å². The fraction of sp³-hybridized carbons (Fsp3) is 0.286. The second kappa shape index (κ2) is 8.37. The Kier molecular flexibility index (Phi) is 5.92. The maximum atomic E-state index is 12.6. The number of rotatable bonds is 4. The van der Waals surface area contributed by atoms with Crippen molar-refractivity contribution < 1.29 is 23.1 Å². The van der Waals surface area contributed by atoms with Gasteiger partial charge in [0.1, 0.15) is 5.75 Å². The quantitative estimate of drug-likeness (QED) is 0.810. The number of benzene rings is 2. The summed E-state index contributed by atoms with van der Waals surface area (Å²) in [6, 6.07) is 11.8. The van der Waals surface area contributed by atoms with Gasteiger partial charge >= 0.3 is 12.2 Å². The minimum Gasteiger partial charge on any atom is -0.508 e. The number of alkyl halides is 3. The first kappa shape index (κ1) is 19.8. The molecule has 0 radical (unpaired) electrons. The van der Waals surface area contributed by atoms with Crippen molar-refractivity contribution in [3.05, 3.63) is 71.3 Å². The van der Waals surface area contributed by atoms with E-state index < -0.39 is 11.7 Å². The largest absolute Gasteiger partial charge is 0.508 e. The molecule has 0 fully saturated rings. The van der Waals surface area contributed by atoms with Crippen LogP contribution in [0.2, 0.25) is 0 Å². The molecule has 4 nitrogen and oxygen atoms in total. The molecular weight excluding hydrogens is 369 g/mol. The molecule has 148 valence electrons. The molecule has 7 heteroatoms. The first-order chi connectivity index (χ1) is 13.3. The highest BCUT2D eigenvalue weighted by Crippen LogP contribution is 2.29. The molecule has 1 heterocycles. The summed E-state index contributed by atoms with van der Waals surface area (Å²) >= 11 is 0. The van der Waals surface area contributed by atoms with Gasteiger partial charge in [-0.3, -0.25) is 0 Å². The SMILES string of the molecule is O=C(NCCc1ccc(C(F)(F)F)cc1)N1CC=C(c2ccc(O)cc2)CC1. The lowest BCUT2D eigenvalue weighted by atomic mass is 9.99. The highest BCUT2D eigenvalue weighted by molar-refractivity contribution is 5.76. The molecule has 1 aliphatic heterocycles. The molecule has 0 unspecified atom stereocenters. The van der Waals surface area contributed by atoms with Crippen LogP contribution >= 0.6 is 0 Å². The fourth-order valence-electron chi connectivity index (χ4n) is 3.08. The van der Waals surface area contributed by atoms with E-state index in [-0.39, 0.29) is 11.8 Å². The Morgan fingerprint density at radius 1 is 1.07 bits per heavy atom. The lowest BCUT2D eigenvalue weighted by molar-refractivity contribution is -0.137. The van der Waals surface area contributed by atoms with Crippen LogP contribution in [0, 0.1) is 0 Å². The zero-order valence-corrected chi connectivity index (χ0v) is 15.2. The van der Waals surface area contributed by atoms with Gasteiger partial charge in [0, 0.05) is 19.6 Å². The molecule has 0 atom stereocenters. The maximum absolute atomic E-state index is 12.6. The van der Waals surface area contributed by atoms with Gasteiger partial charge in [0.2, 0.25) is 0 Å². The van der Waals surface area contributed by atoms with Crippen LogP contribution in [0.25, 0.3) is 5.57 Å². The van der Waals surface area contributed by atoms with E-state index in [0.29, 0.717) is 26.1 Å². The highest BCUT2D eigenvalue weighted by atomic mass is 19.4. The zero-order chi connectivity index (χ0) is 20.1. The van der Waals surface area contributed by atoms with Crippen molar-refractivity contribution in [2.75, 3.05) is 19.6 Å². The number of aromatic hydroxyl groups is 1. The van der Waals surface area contributed by atoms with E-state index in [1.165, 1.54) is 12.1 Å². The van der Waals surface area contributed by atoms with E-state index in [2.05, 4.69) is 5.32 Å². The lowest BCUT2D eigenvalue weighted by Gasteiger charge is -2.27. The monoisotopic (exact) mass is 390 g/mol. The van der Waals surface area contributed by atoms with Crippen LogP contribution in [0.4, 0.5) is 18.0 Å². The number of amides is 2.